The van der Waals surface area contributed by atoms with Crippen LogP contribution in [0.1, 0.15) is 12.0 Å². The monoisotopic (exact) mass is 269 g/mol. The number of benzene rings is 1. The fourth-order valence-corrected chi connectivity index (χ4v) is 2.84. The van der Waals surface area contributed by atoms with Gasteiger partial charge in [0.15, 0.2) is 0 Å². The Morgan fingerprint density at radius 2 is 2.16 bits per heavy atom. The van der Waals surface area contributed by atoms with Crippen LogP contribution in [0, 0.1) is 11.6 Å². The summed E-state index contributed by atoms with van der Waals surface area (Å²) >= 11 is 0. The zero-order valence-electron chi connectivity index (χ0n) is 10.6. The van der Waals surface area contributed by atoms with Crippen LogP contribution in [-0.2, 0) is 14.9 Å². The van der Waals surface area contributed by atoms with E-state index in [2.05, 4.69) is 5.32 Å². The highest BCUT2D eigenvalue weighted by Gasteiger charge is 2.44. The molecule has 0 radical (unpaired) electrons. The van der Waals surface area contributed by atoms with E-state index in [1.54, 1.807) is 0 Å². The number of ether oxygens (including phenoxy) is 2. The summed E-state index contributed by atoms with van der Waals surface area (Å²) in [5.74, 6) is -1.04. The van der Waals surface area contributed by atoms with E-state index in [0.29, 0.717) is 31.8 Å². The van der Waals surface area contributed by atoms with Gasteiger partial charge in [0.1, 0.15) is 11.6 Å². The Morgan fingerprint density at radius 1 is 1.32 bits per heavy atom. The standard InChI is InChI=1S/C14H17F2NO2/c15-10-1-2-12(13(16)5-10)14(8-18-9-14)6-11-7-17-3-4-19-11/h1-2,5,11,17H,3-4,6-9H2. The van der Waals surface area contributed by atoms with E-state index in [9.17, 15) is 8.78 Å². The molecule has 0 aromatic heterocycles. The predicted octanol–water partition coefficient (Wildman–Crippen LogP) is 1.61. The van der Waals surface area contributed by atoms with Crippen LogP contribution in [0.4, 0.5) is 8.78 Å². The number of rotatable bonds is 3. The van der Waals surface area contributed by atoms with Gasteiger partial charge in [-0.2, -0.15) is 0 Å². The third-order valence-electron chi connectivity index (χ3n) is 3.88. The van der Waals surface area contributed by atoms with Gasteiger partial charge in [0.05, 0.1) is 25.9 Å². The quantitative estimate of drug-likeness (QED) is 0.904. The summed E-state index contributed by atoms with van der Waals surface area (Å²) in [5.41, 5.74) is 0.163. The Morgan fingerprint density at radius 3 is 2.74 bits per heavy atom. The van der Waals surface area contributed by atoms with Crippen molar-refractivity contribution in [3.63, 3.8) is 0 Å². The predicted molar refractivity (Wildman–Crippen MR) is 66.1 cm³/mol. The van der Waals surface area contributed by atoms with Crippen LogP contribution in [0.3, 0.4) is 0 Å². The highest BCUT2D eigenvalue weighted by Crippen LogP contribution is 2.39. The van der Waals surface area contributed by atoms with E-state index in [0.717, 1.165) is 19.2 Å². The first-order valence-corrected chi connectivity index (χ1v) is 6.55. The van der Waals surface area contributed by atoms with Crippen molar-refractivity contribution < 1.29 is 18.3 Å². The van der Waals surface area contributed by atoms with Gasteiger partial charge < -0.3 is 14.8 Å². The molecule has 2 fully saturated rings. The molecule has 104 valence electrons. The highest BCUT2D eigenvalue weighted by molar-refractivity contribution is 5.30. The topological polar surface area (TPSA) is 30.5 Å². The molecule has 2 heterocycles. The van der Waals surface area contributed by atoms with Gasteiger partial charge in [0.25, 0.3) is 0 Å². The van der Waals surface area contributed by atoms with Crippen molar-refractivity contribution >= 4 is 0 Å². The average Bonchev–Trinajstić information content (AvgIpc) is 2.36. The summed E-state index contributed by atoms with van der Waals surface area (Å²) < 4.78 is 37.9. The minimum Gasteiger partial charge on any atom is -0.379 e. The molecule has 2 aliphatic rings. The lowest BCUT2D eigenvalue weighted by Crippen LogP contribution is -2.52. The number of morpholine rings is 1. The Bertz CT molecular complexity index is 457. The molecule has 2 saturated heterocycles. The van der Waals surface area contributed by atoms with Gasteiger partial charge in [0.2, 0.25) is 0 Å². The molecule has 5 heteroatoms. The van der Waals surface area contributed by atoms with E-state index in [1.807, 2.05) is 0 Å². The van der Waals surface area contributed by atoms with Crippen molar-refractivity contribution in [3.8, 4) is 0 Å². The maximum Gasteiger partial charge on any atom is 0.130 e. The third kappa shape index (κ3) is 2.50. The molecule has 0 bridgehead atoms. The first kappa shape index (κ1) is 13.0. The Balaban J connectivity index is 1.81. The molecular formula is C14H17F2NO2. The molecule has 1 aromatic carbocycles. The Hall–Kier alpha value is -1.04. The number of hydrogen-bond acceptors (Lipinski definition) is 3. The number of halogens is 2. The Kier molecular flexibility index (Phi) is 3.52. The lowest BCUT2D eigenvalue weighted by Gasteiger charge is -2.44. The first-order valence-electron chi connectivity index (χ1n) is 6.55. The second kappa shape index (κ2) is 5.15. The third-order valence-corrected chi connectivity index (χ3v) is 3.88. The van der Waals surface area contributed by atoms with Crippen molar-refractivity contribution in [2.24, 2.45) is 0 Å². The SMILES string of the molecule is Fc1ccc(C2(CC3CNCCO3)COC2)c(F)c1. The molecule has 3 nitrogen and oxygen atoms in total. The fraction of sp³-hybridized carbons (Fsp3) is 0.571. The molecule has 0 amide bonds. The average molecular weight is 269 g/mol. The summed E-state index contributed by atoms with van der Waals surface area (Å²) in [7, 11) is 0. The lowest BCUT2D eigenvalue weighted by molar-refractivity contribution is -0.0955. The zero-order chi connectivity index (χ0) is 13.3. The molecule has 1 aromatic rings. The largest absolute Gasteiger partial charge is 0.379 e. The summed E-state index contributed by atoms with van der Waals surface area (Å²) in [6.45, 7) is 3.23. The second-order valence-corrected chi connectivity index (χ2v) is 5.30. The van der Waals surface area contributed by atoms with Crippen molar-refractivity contribution in [1.82, 2.24) is 5.32 Å². The molecule has 2 aliphatic heterocycles. The van der Waals surface area contributed by atoms with E-state index in [4.69, 9.17) is 9.47 Å². The van der Waals surface area contributed by atoms with Crippen LogP contribution in [0.5, 0.6) is 0 Å². The molecule has 0 saturated carbocycles. The molecule has 0 aliphatic carbocycles. The second-order valence-electron chi connectivity index (χ2n) is 5.30. The lowest BCUT2D eigenvalue weighted by atomic mass is 9.74. The van der Waals surface area contributed by atoms with E-state index >= 15 is 0 Å². The van der Waals surface area contributed by atoms with E-state index in [-0.39, 0.29) is 11.5 Å². The number of hydrogen-bond donors (Lipinski definition) is 1. The van der Waals surface area contributed by atoms with E-state index in [1.165, 1.54) is 12.1 Å². The van der Waals surface area contributed by atoms with Gasteiger partial charge in [0, 0.05) is 24.6 Å². The van der Waals surface area contributed by atoms with Gasteiger partial charge in [-0.3, -0.25) is 0 Å². The smallest absolute Gasteiger partial charge is 0.130 e. The molecule has 1 atom stereocenters. The normalized spacial score (nSPS) is 25.9. The van der Waals surface area contributed by atoms with Gasteiger partial charge >= 0.3 is 0 Å². The maximum atomic E-state index is 14.0. The van der Waals surface area contributed by atoms with E-state index < -0.39 is 11.6 Å². The molecular weight excluding hydrogens is 252 g/mol. The first-order chi connectivity index (χ1) is 9.20. The van der Waals surface area contributed by atoms with Crippen molar-refractivity contribution in [2.75, 3.05) is 32.9 Å². The van der Waals surface area contributed by atoms with Crippen LogP contribution in [0.2, 0.25) is 0 Å². The maximum absolute atomic E-state index is 14.0. The van der Waals surface area contributed by atoms with Crippen LogP contribution in [0.25, 0.3) is 0 Å². The summed E-state index contributed by atoms with van der Waals surface area (Å²) in [5, 5.41) is 3.26. The minimum absolute atomic E-state index is 0.0575. The molecule has 19 heavy (non-hydrogen) atoms. The molecule has 3 rings (SSSR count). The van der Waals surface area contributed by atoms with Crippen LogP contribution >= 0.6 is 0 Å². The zero-order valence-corrected chi connectivity index (χ0v) is 10.6. The van der Waals surface area contributed by atoms with Crippen LogP contribution in [0.15, 0.2) is 18.2 Å². The summed E-state index contributed by atoms with van der Waals surface area (Å²) in [6, 6.07) is 3.78. The molecule has 1 N–H and O–H groups in total. The Labute approximate surface area is 110 Å². The highest BCUT2D eigenvalue weighted by atomic mass is 19.1. The molecule has 1 unspecified atom stereocenters. The van der Waals surface area contributed by atoms with Gasteiger partial charge in [-0.05, 0) is 18.1 Å². The minimum atomic E-state index is -0.549. The summed E-state index contributed by atoms with van der Waals surface area (Å²) in [4.78, 5) is 0. The summed E-state index contributed by atoms with van der Waals surface area (Å²) in [6.07, 6.45) is 0.754. The van der Waals surface area contributed by atoms with Crippen molar-refractivity contribution in [2.45, 2.75) is 17.9 Å². The van der Waals surface area contributed by atoms with Crippen molar-refractivity contribution in [1.29, 1.82) is 0 Å². The van der Waals surface area contributed by atoms with Crippen molar-refractivity contribution in [3.05, 3.63) is 35.4 Å². The van der Waals surface area contributed by atoms with Gasteiger partial charge in [-0.15, -0.1) is 0 Å². The molecule has 0 spiro atoms. The van der Waals surface area contributed by atoms with Gasteiger partial charge in [-0.25, -0.2) is 8.78 Å². The fourth-order valence-electron chi connectivity index (χ4n) is 2.84. The van der Waals surface area contributed by atoms with Crippen LogP contribution in [-0.4, -0.2) is 39.0 Å². The van der Waals surface area contributed by atoms with Gasteiger partial charge in [-0.1, -0.05) is 6.07 Å². The number of nitrogens with one attached hydrogen (secondary N) is 1. The van der Waals surface area contributed by atoms with Crippen LogP contribution < -0.4 is 5.32 Å².